The third kappa shape index (κ3) is 7.91. The number of hydrogen-bond acceptors (Lipinski definition) is 8. The number of aliphatic hydroxyl groups is 1. The summed E-state index contributed by atoms with van der Waals surface area (Å²) in [4.78, 5) is 43.0. The Hall–Kier alpha value is -4.50. The summed E-state index contributed by atoms with van der Waals surface area (Å²) >= 11 is 0. The summed E-state index contributed by atoms with van der Waals surface area (Å²) in [5.41, 5.74) is 3.68. The number of anilines is 1. The minimum absolute atomic E-state index is 0.0618. The van der Waals surface area contributed by atoms with E-state index in [4.69, 9.17) is 9.47 Å². The second kappa shape index (κ2) is 15.5. The van der Waals surface area contributed by atoms with Gasteiger partial charge in [-0.3, -0.25) is 14.4 Å². The molecule has 53 heavy (non-hydrogen) atoms. The van der Waals surface area contributed by atoms with Crippen LogP contribution in [0.15, 0.2) is 78.9 Å². The standard InChI is InChI=1S/C39H44F3N5O6/c40-39(41,42)37(51)46-18-4-7-32(46)34(49)43-22-26-8-14-29(15-9-26)35-52-31(21-33(53-35)28-12-10-27(24-48)11-13-28)23-45-19-16-38(17-20-45)36(50)44-25-47(38)30-5-2-1-3-6-30/h1-3,5-6,8-15,31-33,35,48H,4,7,16-25H2,(H,43,49)(H,44,50)/t31-,32-,33+,35+/m0/s1. The molecule has 3 aromatic rings. The molecular weight excluding hydrogens is 691 g/mol. The van der Waals surface area contributed by atoms with Crippen LogP contribution in [0.3, 0.4) is 0 Å². The van der Waals surface area contributed by atoms with E-state index in [1.807, 2.05) is 66.7 Å². The molecule has 4 saturated heterocycles. The van der Waals surface area contributed by atoms with Crippen LogP contribution in [-0.4, -0.2) is 89.3 Å². The Morgan fingerprint density at radius 2 is 1.58 bits per heavy atom. The fraction of sp³-hybridized carbons (Fsp3) is 0.462. The van der Waals surface area contributed by atoms with Gasteiger partial charge in [0.25, 0.3) is 0 Å². The smallest absolute Gasteiger partial charge is 0.392 e. The molecule has 0 aliphatic carbocycles. The van der Waals surface area contributed by atoms with Crippen LogP contribution in [0, 0.1) is 0 Å². The largest absolute Gasteiger partial charge is 0.471 e. The number of nitrogens with one attached hydrogen (secondary N) is 2. The molecule has 4 atom stereocenters. The number of para-hydroxylation sites is 1. The van der Waals surface area contributed by atoms with Crippen LogP contribution >= 0.6 is 0 Å². The minimum atomic E-state index is -5.03. The molecule has 0 saturated carbocycles. The summed E-state index contributed by atoms with van der Waals surface area (Å²) in [5.74, 6) is -2.55. The molecule has 0 aromatic heterocycles. The molecule has 0 bridgehead atoms. The molecule has 14 heteroatoms. The first-order chi connectivity index (χ1) is 25.5. The molecule has 11 nitrogen and oxygen atoms in total. The third-order valence-corrected chi connectivity index (χ3v) is 10.9. The Labute approximate surface area is 306 Å². The van der Waals surface area contributed by atoms with Crippen molar-refractivity contribution in [2.75, 3.05) is 37.7 Å². The van der Waals surface area contributed by atoms with Gasteiger partial charge in [0.15, 0.2) is 6.29 Å². The highest BCUT2D eigenvalue weighted by Gasteiger charge is 2.51. The summed E-state index contributed by atoms with van der Waals surface area (Å²) in [5, 5.41) is 15.3. The lowest BCUT2D eigenvalue weighted by Crippen LogP contribution is -2.57. The van der Waals surface area contributed by atoms with Crippen LogP contribution in [0.2, 0.25) is 0 Å². The quantitative estimate of drug-likeness (QED) is 0.297. The number of ether oxygens (including phenoxy) is 2. The van der Waals surface area contributed by atoms with E-state index in [0.717, 1.165) is 41.0 Å². The molecule has 3 aromatic carbocycles. The van der Waals surface area contributed by atoms with Gasteiger partial charge in [-0.05, 0) is 54.5 Å². The number of aliphatic hydroxyl groups excluding tert-OH is 1. The van der Waals surface area contributed by atoms with Gasteiger partial charge in [0, 0.05) is 50.4 Å². The topological polar surface area (TPSA) is 124 Å². The average Bonchev–Trinajstić information content (AvgIpc) is 3.79. The molecule has 7 rings (SSSR count). The maximum absolute atomic E-state index is 13.2. The van der Waals surface area contributed by atoms with Crippen LogP contribution in [0.4, 0.5) is 18.9 Å². The molecule has 3 amide bonds. The fourth-order valence-electron chi connectivity index (χ4n) is 8.00. The molecule has 4 aliphatic heterocycles. The SMILES string of the molecule is O=C(NCc1ccc([C@@H]2O[C@H](CN3CCC4(CC3)C(=O)NCN4c3ccccc3)C[C@H](c3ccc(CO)cc3)O2)cc1)[C@@H]1CCCN1C(=O)C(F)(F)F. The van der Waals surface area contributed by atoms with E-state index in [2.05, 4.69) is 20.4 Å². The molecule has 282 valence electrons. The second-order valence-electron chi connectivity index (χ2n) is 14.2. The van der Waals surface area contributed by atoms with Gasteiger partial charge in [-0.1, -0.05) is 66.7 Å². The van der Waals surface area contributed by atoms with Gasteiger partial charge in [-0.15, -0.1) is 0 Å². The number of carbonyl (C=O) groups excluding carboxylic acids is 3. The Morgan fingerprint density at radius 1 is 0.906 bits per heavy atom. The number of carbonyl (C=O) groups is 3. The van der Waals surface area contributed by atoms with Crippen molar-refractivity contribution in [3.8, 4) is 0 Å². The average molecular weight is 736 g/mol. The Balaban J connectivity index is 1.01. The number of alkyl halides is 3. The van der Waals surface area contributed by atoms with E-state index in [0.29, 0.717) is 43.8 Å². The van der Waals surface area contributed by atoms with Gasteiger partial charge in [-0.2, -0.15) is 13.2 Å². The Morgan fingerprint density at radius 3 is 2.26 bits per heavy atom. The molecule has 4 heterocycles. The van der Waals surface area contributed by atoms with Crippen molar-refractivity contribution in [2.45, 2.75) is 81.5 Å². The number of hydrogen-bond donors (Lipinski definition) is 3. The van der Waals surface area contributed by atoms with Crippen molar-refractivity contribution in [1.29, 1.82) is 0 Å². The van der Waals surface area contributed by atoms with Crippen LogP contribution in [0.25, 0.3) is 0 Å². The van der Waals surface area contributed by atoms with Gasteiger partial charge >= 0.3 is 12.1 Å². The van der Waals surface area contributed by atoms with E-state index in [9.17, 15) is 32.7 Å². The van der Waals surface area contributed by atoms with Gasteiger partial charge in [0.1, 0.15) is 11.6 Å². The highest BCUT2D eigenvalue weighted by atomic mass is 19.4. The van der Waals surface area contributed by atoms with Crippen LogP contribution < -0.4 is 15.5 Å². The zero-order valence-electron chi connectivity index (χ0n) is 29.3. The molecule has 4 aliphatic rings. The summed E-state index contributed by atoms with van der Waals surface area (Å²) in [6, 6.07) is 23.8. The molecule has 0 radical (unpaired) electrons. The molecule has 4 fully saturated rings. The number of piperidine rings is 1. The van der Waals surface area contributed by atoms with Crippen molar-refractivity contribution in [1.82, 2.24) is 20.4 Å². The summed E-state index contributed by atoms with van der Waals surface area (Å²) in [6.07, 6.45) is -3.75. The van der Waals surface area contributed by atoms with Crippen molar-refractivity contribution < 1.29 is 42.1 Å². The number of amides is 3. The highest BCUT2D eigenvalue weighted by molar-refractivity contribution is 5.93. The Kier molecular flexibility index (Phi) is 10.7. The maximum atomic E-state index is 13.2. The first-order valence-electron chi connectivity index (χ1n) is 18.1. The first kappa shape index (κ1) is 36.8. The zero-order chi connectivity index (χ0) is 37.2. The summed E-state index contributed by atoms with van der Waals surface area (Å²) < 4.78 is 52.2. The summed E-state index contributed by atoms with van der Waals surface area (Å²) in [7, 11) is 0. The molecule has 0 unspecified atom stereocenters. The van der Waals surface area contributed by atoms with Crippen LogP contribution in [0.1, 0.15) is 66.8 Å². The van der Waals surface area contributed by atoms with Gasteiger partial charge in [-0.25, -0.2) is 0 Å². The first-order valence-corrected chi connectivity index (χ1v) is 18.1. The lowest BCUT2D eigenvalue weighted by molar-refractivity contribution is -0.253. The van der Waals surface area contributed by atoms with E-state index in [-0.39, 0.29) is 44.2 Å². The van der Waals surface area contributed by atoms with Crippen molar-refractivity contribution in [2.24, 2.45) is 0 Å². The molecule has 3 N–H and O–H groups in total. The number of nitrogens with zero attached hydrogens (tertiary/aromatic N) is 3. The van der Waals surface area contributed by atoms with Crippen molar-refractivity contribution in [3.63, 3.8) is 0 Å². The minimum Gasteiger partial charge on any atom is -0.392 e. The lowest BCUT2D eigenvalue weighted by atomic mass is 9.85. The second-order valence-corrected chi connectivity index (χ2v) is 14.2. The van der Waals surface area contributed by atoms with Gasteiger partial charge < -0.3 is 39.9 Å². The lowest BCUT2D eigenvalue weighted by Gasteiger charge is -2.45. The van der Waals surface area contributed by atoms with Gasteiger partial charge in [0.05, 0.1) is 25.5 Å². The number of likely N-dealkylation sites (tertiary alicyclic amines) is 2. The Bertz CT molecular complexity index is 1750. The summed E-state index contributed by atoms with van der Waals surface area (Å²) in [6.45, 7) is 2.48. The number of rotatable bonds is 9. The number of benzene rings is 3. The van der Waals surface area contributed by atoms with Crippen molar-refractivity contribution >= 4 is 23.4 Å². The predicted octanol–water partition coefficient (Wildman–Crippen LogP) is 4.32. The van der Waals surface area contributed by atoms with Crippen LogP contribution in [0.5, 0.6) is 0 Å². The van der Waals surface area contributed by atoms with Gasteiger partial charge in [0.2, 0.25) is 11.8 Å². The van der Waals surface area contributed by atoms with E-state index < -0.39 is 35.9 Å². The third-order valence-electron chi connectivity index (χ3n) is 10.9. The highest BCUT2D eigenvalue weighted by Crippen LogP contribution is 2.40. The van der Waals surface area contributed by atoms with E-state index in [1.54, 1.807) is 12.1 Å². The van der Waals surface area contributed by atoms with E-state index in [1.165, 1.54) is 0 Å². The monoisotopic (exact) mass is 735 g/mol. The van der Waals surface area contributed by atoms with E-state index >= 15 is 0 Å². The predicted molar refractivity (Wildman–Crippen MR) is 188 cm³/mol. The zero-order valence-corrected chi connectivity index (χ0v) is 29.3. The molecular formula is C39H44F3N5O6. The number of halogens is 3. The van der Waals surface area contributed by atoms with Crippen molar-refractivity contribution in [3.05, 3.63) is 101 Å². The maximum Gasteiger partial charge on any atom is 0.471 e. The molecule has 1 spiro atoms. The normalized spacial score (nSPS) is 24.7. The van der Waals surface area contributed by atoms with Crippen LogP contribution in [-0.2, 0) is 37.0 Å². The fourth-order valence-corrected chi connectivity index (χ4v) is 8.00.